The van der Waals surface area contributed by atoms with E-state index < -0.39 is 6.04 Å². The van der Waals surface area contributed by atoms with Gasteiger partial charge >= 0.3 is 5.97 Å². The van der Waals surface area contributed by atoms with Crippen LogP contribution in [0, 0.1) is 11.8 Å². The van der Waals surface area contributed by atoms with E-state index in [9.17, 15) is 14.4 Å². The van der Waals surface area contributed by atoms with Crippen molar-refractivity contribution in [3.8, 4) is 5.75 Å². The zero-order valence-corrected chi connectivity index (χ0v) is 43.3. The van der Waals surface area contributed by atoms with Gasteiger partial charge in [0.1, 0.15) is 11.8 Å². The van der Waals surface area contributed by atoms with Gasteiger partial charge in [-0.3, -0.25) is 14.4 Å². The molecule has 1 aromatic rings. The lowest BCUT2D eigenvalue weighted by Gasteiger charge is -2.38. The van der Waals surface area contributed by atoms with Crippen LogP contribution in [-0.4, -0.2) is 81.1 Å². The molecule has 0 aliphatic carbocycles. The fourth-order valence-corrected chi connectivity index (χ4v) is 9.93. The van der Waals surface area contributed by atoms with Crippen molar-refractivity contribution in [2.24, 2.45) is 11.8 Å². The summed E-state index contributed by atoms with van der Waals surface area (Å²) < 4.78 is 10.1. The molecule has 1 aliphatic heterocycles. The average molecular weight is 910 g/mol. The van der Waals surface area contributed by atoms with Gasteiger partial charge in [-0.2, -0.15) is 0 Å². The Kier molecular flexibility index (Phi) is 36.4. The van der Waals surface area contributed by atoms with Crippen molar-refractivity contribution in [2.75, 3.05) is 47.4 Å². The van der Waals surface area contributed by atoms with Crippen molar-refractivity contribution in [3.05, 3.63) is 29.8 Å². The third-order valence-electron chi connectivity index (χ3n) is 14.4. The van der Waals surface area contributed by atoms with Gasteiger partial charge in [0.2, 0.25) is 11.8 Å². The maximum absolute atomic E-state index is 14.7. The third kappa shape index (κ3) is 30.4. The van der Waals surface area contributed by atoms with Crippen LogP contribution in [0.1, 0.15) is 244 Å². The highest BCUT2D eigenvalue weighted by Crippen LogP contribution is 2.28. The van der Waals surface area contributed by atoms with Crippen LogP contribution in [0.5, 0.6) is 5.75 Å². The monoisotopic (exact) mass is 910 g/mol. The van der Waals surface area contributed by atoms with E-state index >= 15 is 0 Å². The van der Waals surface area contributed by atoms with Crippen LogP contribution in [0.2, 0.25) is 0 Å². The van der Waals surface area contributed by atoms with Crippen LogP contribution in [0.4, 0.5) is 0 Å². The second-order valence-electron chi connectivity index (χ2n) is 20.1. The number of ether oxygens (including phenoxy) is 2. The van der Waals surface area contributed by atoms with Gasteiger partial charge in [0, 0.05) is 25.9 Å². The van der Waals surface area contributed by atoms with Crippen molar-refractivity contribution in [1.29, 1.82) is 0 Å². The number of nitrogens with one attached hydrogen (secondary N) is 1. The lowest BCUT2D eigenvalue weighted by atomic mass is 9.88. The smallest absolute Gasteiger partial charge is 0.305 e. The molecule has 1 fully saturated rings. The molecule has 2 rings (SSSR count). The normalized spacial score (nSPS) is 14.3. The number of nitrogens with zero attached hydrogens (tertiary/aromatic N) is 2. The largest absolute Gasteiger partial charge is 0.497 e. The van der Waals surface area contributed by atoms with Crippen LogP contribution >= 0.6 is 0 Å². The Morgan fingerprint density at radius 1 is 0.631 bits per heavy atom. The van der Waals surface area contributed by atoms with Gasteiger partial charge < -0.3 is 24.6 Å². The Morgan fingerprint density at radius 2 is 1.08 bits per heavy atom. The number of rotatable bonds is 43. The van der Waals surface area contributed by atoms with Crippen molar-refractivity contribution in [2.45, 2.75) is 251 Å². The summed E-state index contributed by atoms with van der Waals surface area (Å²) >= 11 is 0. The summed E-state index contributed by atoms with van der Waals surface area (Å²) in [7, 11) is 5.36. The van der Waals surface area contributed by atoms with Gasteiger partial charge in [0.05, 0.1) is 14.2 Å². The zero-order valence-electron chi connectivity index (χ0n) is 43.3. The number of amides is 2. The minimum absolute atomic E-state index is 0.0480. The van der Waals surface area contributed by atoms with Crippen LogP contribution < -0.4 is 10.1 Å². The Balaban J connectivity index is 2.07. The number of benzene rings is 1. The number of hydrogen-bond acceptors (Lipinski definition) is 6. The number of carbonyl (C=O) groups excluding carboxylic acids is 3. The van der Waals surface area contributed by atoms with Crippen LogP contribution in [0.3, 0.4) is 0 Å². The summed E-state index contributed by atoms with van der Waals surface area (Å²) in [6.07, 6.45) is 42.1. The fourth-order valence-electron chi connectivity index (χ4n) is 9.93. The van der Waals surface area contributed by atoms with E-state index in [2.05, 4.69) is 48.1 Å². The molecule has 2 atom stereocenters. The van der Waals surface area contributed by atoms with E-state index in [0.29, 0.717) is 31.2 Å². The molecule has 1 aliphatic rings. The van der Waals surface area contributed by atoms with Gasteiger partial charge in [-0.25, -0.2) is 0 Å². The number of hydrogen-bond donors (Lipinski definition) is 1. The summed E-state index contributed by atoms with van der Waals surface area (Å²) in [5, 5.41) is 3.36. The molecule has 8 heteroatoms. The molecule has 0 radical (unpaired) electrons. The Labute approximate surface area is 401 Å². The number of esters is 1. The molecule has 0 spiro atoms. The first-order valence-electron chi connectivity index (χ1n) is 27.8. The summed E-state index contributed by atoms with van der Waals surface area (Å²) in [5.74, 6) is 1.90. The third-order valence-corrected chi connectivity index (χ3v) is 14.4. The number of piperidine rings is 1. The highest BCUT2D eigenvalue weighted by molar-refractivity contribution is 5.87. The molecule has 376 valence electrons. The number of likely N-dealkylation sites (tertiary alicyclic amines) is 1. The molecule has 0 bridgehead atoms. The van der Waals surface area contributed by atoms with Crippen molar-refractivity contribution in [3.63, 3.8) is 0 Å². The van der Waals surface area contributed by atoms with E-state index in [4.69, 9.17) is 9.47 Å². The Hall–Kier alpha value is -2.61. The molecule has 2 unspecified atom stereocenters. The van der Waals surface area contributed by atoms with E-state index in [-0.39, 0.29) is 17.8 Å². The molecule has 1 aromatic carbocycles. The molecule has 65 heavy (non-hydrogen) atoms. The first-order chi connectivity index (χ1) is 31.8. The van der Waals surface area contributed by atoms with E-state index in [1.807, 2.05) is 12.1 Å². The lowest BCUT2D eigenvalue weighted by Crippen LogP contribution is -2.52. The quantitative estimate of drug-likeness (QED) is 0.0519. The highest BCUT2D eigenvalue weighted by atomic mass is 16.5. The molecule has 0 saturated carbocycles. The molecule has 8 nitrogen and oxygen atoms in total. The van der Waals surface area contributed by atoms with Crippen LogP contribution in [0.25, 0.3) is 0 Å². The maximum Gasteiger partial charge on any atom is 0.305 e. The number of carbonyl (C=O) groups is 3. The minimum Gasteiger partial charge on any atom is -0.497 e. The van der Waals surface area contributed by atoms with Crippen LogP contribution in [0.15, 0.2) is 24.3 Å². The summed E-state index contributed by atoms with van der Waals surface area (Å²) in [5.41, 5.74) is 1.17. The molecular formula is C57H103N3O5. The van der Waals surface area contributed by atoms with Crippen molar-refractivity contribution >= 4 is 17.8 Å². The Morgan fingerprint density at radius 3 is 1.54 bits per heavy atom. The fraction of sp³-hybridized carbons (Fsp3) is 0.842. The van der Waals surface area contributed by atoms with E-state index in [1.165, 1.54) is 167 Å². The highest BCUT2D eigenvalue weighted by Gasteiger charge is 2.34. The standard InChI is InChI=1S/C57H103N3O5/c1-6-8-10-12-14-23-27-31-35-52(34-30-26-13-11-9-7-2)49-60(55(61)36-32-28-24-21-19-17-15-16-18-20-22-25-29-33-37-56(62)65-5)54(48-51-43-46-59(3)47-44-51)57(63)58-45-42-50-38-40-53(64-4)41-39-50/h38-41,51-52,54H,6-37,42-49H2,1-5H3,(H,58,63). The number of methoxy groups -OCH3 is 2. The summed E-state index contributed by atoms with van der Waals surface area (Å²) in [6, 6.07) is 7.72. The van der Waals surface area contributed by atoms with Gasteiger partial charge in [-0.05, 0) is 101 Å². The predicted octanol–water partition coefficient (Wildman–Crippen LogP) is 14.6. The first kappa shape index (κ1) is 58.5. The summed E-state index contributed by atoms with van der Waals surface area (Å²) in [6.45, 7) is 7.99. The molecule has 0 aromatic heterocycles. The molecule has 1 saturated heterocycles. The molecule has 2 amide bonds. The SMILES string of the molecule is CCCCCCCCCCC(CCCCCCCC)CN(C(=O)CCCCCCCCCCCCCCCCC(=O)OC)C(CC1CCN(C)CC1)C(=O)NCCc1ccc(OC)cc1. The maximum atomic E-state index is 14.7. The van der Waals surface area contributed by atoms with Gasteiger partial charge in [0.25, 0.3) is 0 Å². The topological polar surface area (TPSA) is 88.2 Å². The predicted molar refractivity (Wildman–Crippen MR) is 275 cm³/mol. The first-order valence-corrected chi connectivity index (χ1v) is 27.8. The number of unbranched alkanes of at least 4 members (excludes halogenated alkanes) is 25. The second-order valence-corrected chi connectivity index (χ2v) is 20.1. The van der Waals surface area contributed by atoms with Crippen molar-refractivity contribution < 1.29 is 23.9 Å². The van der Waals surface area contributed by atoms with Gasteiger partial charge in [0.15, 0.2) is 0 Å². The molecule has 1 heterocycles. The lowest BCUT2D eigenvalue weighted by molar-refractivity contribution is -0.142. The molecule has 1 N–H and O–H groups in total. The zero-order chi connectivity index (χ0) is 47.0. The van der Waals surface area contributed by atoms with E-state index in [0.717, 1.165) is 89.6 Å². The summed E-state index contributed by atoms with van der Waals surface area (Å²) in [4.78, 5) is 45.1. The van der Waals surface area contributed by atoms with Crippen LogP contribution in [-0.2, 0) is 25.5 Å². The minimum atomic E-state index is -0.413. The van der Waals surface area contributed by atoms with Gasteiger partial charge in [-0.15, -0.1) is 0 Å². The molecular weight excluding hydrogens is 807 g/mol. The van der Waals surface area contributed by atoms with Gasteiger partial charge in [-0.1, -0.05) is 193 Å². The van der Waals surface area contributed by atoms with E-state index in [1.54, 1.807) is 7.11 Å². The Bertz CT molecular complexity index is 1280. The second kappa shape index (κ2) is 40.5. The van der Waals surface area contributed by atoms with Crippen molar-refractivity contribution in [1.82, 2.24) is 15.1 Å². The average Bonchev–Trinajstić information content (AvgIpc) is 3.32.